The van der Waals surface area contributed by atoms with Crippen molar-refractivity contribution in [1.82, 2.24) is 15.1 Å². The molecule has 0 spiro atoms. The highest BCUT2D eigenvalue weighted by molar-refractivity contribution is 5.86. The molecular formula is C16H25F4N3O3. The Balaban J connectivity index is 1.92. The summed E-state index contributed by atoms with van der Waals surface area (Å²) in [6, 6.07) is -1.47. The molecule has 0 radical (unpaired) electrons. The molecule has 1 unspecified atom stereocenters. The zero-order chi connectivity index (χ0) is 19.7. The lowest BCUT2D eigenvalue weighted by atomic mass is 10.1. The number of nitrogens with one attached hydrogen (secondary N) is 1. The Morgan fingerprint density at radius 2 is 1.85 bits per heavy atom. The number of carbonyl (C=O) groups excluding carboxylic acids is 2. The first kappa shape index (κ1) is 20.7. The fourth-order valence-corrected chi connectivity index (χ4v) is 3.20. The molecular weight excluding hydrogens is 358 g/mol. The van der Waals surface area contributed by atoms with E-state index >= 15 is 0 Å². The lowest BCUT2D eigenvalue weighted by Gasteiger charge is -2.28. The SMILES string of the molecule is CC(C)(C)OC(=O)N1C[C@H](F)C[C@H]1C(=O)NC1CCN(CC(F)(F)F)C1. The van der Waals surface area contributed by atoms with Crippen LogP contribution in [0, 0.1) is 0 Å². The van der Waals surface area contributed by atoms with Gasteiger partial charge in [-0.1, -0.05) is 0 Å². The van der Waals surface area contributed by atoms with Crippen molar-refractivity contribution < 1.29 is 31.9 Å². The van der Waals surface area contributed by atoms with Crippen LogP contribution in [0.1, 0.15) is 33.6 Å². The number of ether oxygens (including phenoxy) is 1. The van der Waals surface area contributed by atoms with Gasteiger partial charge in [-0.3, -0.25) is 14.6 Å². The number of carbonyl (C=O) groups is 2. The number of halogens is 4. The van der Waals surface area contributed by atoms with Crippen LogP contribution in [0.3, 0.4) is 0 Å². The molecule has 150 valence electrons. The minimum atomic E-state index is -4.29. The predicted molar refractivity (Wildman–Crippen MR) is 85.3 cm³/mol. The third kappa shape index (κ3) is 6.00. The molecule has 2 rings (SSSR count). The Hall–Kier alpha value is -1.58. The number of amides is 2. The molecule has 2 heterocycles. The highest BCUT2D eigenvalue weighted by atomic mass is 19.4. The number of nitrogens with zero attached hydrogens (tertiary/aromatic N) is 2. The summed E-state index contributed by atoms with van der Waals surface area (Å²) in [5.41, 5.74) is -0.782. The molecule has 0 bridgehead atoms. The van der Waals surface area contributed by atoms with Crippen LogP contribution < -0.4 is 5.32 Å². The van der Waals surface area contributed by atoms with Crippen molar-refractivity contribution in [1.29, 1.82) is 0 Å². The van der Waals surface area contributed by atoms with E-state index in [1.54, 1.807) is 20.8 Å². The van der Waals surface area contributed by atoms with Gasteiger partial charge in [-0.2, -0.15) is 13.2 Å². The van der Waals surface area contributed by atoms with E-state index in [1.807, 2.05) is 0 Å². The van der Waals surface area contributed by atoms with E-state index in [0.717, 1.165) is 4.90 Å². The van der Waals surface area contributed by atoms with E-state index < -0.39 is 48.6 Å². The van der Waals surface area contributed by atoms with E-state index in [2.05, 4.69) is 5.32 Å². The topological polar surface area (TPSA) is 61.9 Å². The lowest BCUT2D eigenvalue weighted by Crippen LogP contribution is -2.50. The van der Waals surface area contributed by atoms with Crippen molar-refractivity contribution in [3.8, 4) is 0 Å². The average molecular weight is 383 g/mol. The normalized spacial score (nSPS) is 27.7. The van der Waals surface area contributed by atoms with Crippen LogP contribution in [0.15, 0.2) is 0 Å². The quantitative estimate of drug-likeness (QED) is 0.758. The first-order valence-electron chi connectivity index (χ1n) is 8.57. The summed E-state index contributed by atoms with van der Waals surface area (Å²) in [5, 5.41) is 2.64. The largest absolute Gasteiger partial charge is 0.444 e. The van der Waals surface area contributed by atoms with Crippen molar-refractivity contribution >= 4 is 12.0 Å². The Morgan fingerprint density at radius 1 is 1.19 bits per heavy atom. The van der Waals surface area contributed by atoms with E-state index in [-0.39, 0.29) is 26.1 Å². The van der Waals surface area contributed by atoms with Gasteiger partial charge in [0.25, 0.3) is 0 Å². The van der Waals surface area contributed by atoms with Gasteiger partial charge in [-0.15, -0.1) is 0 Å². The van der Waals surface area contributed by atoms with Gasteiger partial charge in [0.15, 0.2) is 0 Å². The molecule has 1 N–H and O–H groups in total. The Labute approximate surface area is 149 Å². The maximum Gasteiger partial charge on any atom is 0.411 e. The molecule has 0 aliphatic carbocycles. The first-order valence-corrected chi connectivity index (χ1v) is 8.57. The number of alkyl halides is 4. The summed E-state index contributed by atoms with van der Waals surface area (Å²) in [6.07, 6.45) is -6.19. The van der Waals surface area contributed by atoms with Gasteiger partial charge in [0.2, 0.25) is 5.91 Å². The molecule has 2 aliphatic rings. The Bertz CT molecular complexity index is 536. The van der Waals surface area contributed by atoms with Crippen molar-refractivity contribution in [3.63, 3.8) is 0 Å². The van der Waals surface area contributed by atoms with E-state index in [9.17, 15) is 27.2 Å². The number of hydrogen-bond acceptors (Lipinski definition) is 4. The molecule has 0 saturated carbocycles. The minimum Gasteiger partial charge on any atom is -0.444 e. The first-order chi connectivity index (χ1) is 11.8. The van der Waals surface area contributed by atoms with E-state index in [0.29, 0.717) is 6.42 Å². The minimum absolute atomic E-state index is 0.0729. The second-order valence-electron chi connectivity index (χ2n) is 7.83. The Kier molecular flexibility index (Phi) is 6.04. The third-order valence-corrected chi connectivity index (χ3v) is 4.20. The fourth-order valence-electron chi connectivity index (χ4n) is 3.20. The molecule has 0 aromatic carbocycles. The van der Waals surface area contributed by atoms with Crippen LogP contribution in [-0.2, 0) is 9.53 Å². The Morgan fingerprint density at radius 3 is 2.42 bits per heavy atom. The third-order valence-electron chi connectivity index (χ3n) is 4.20. The molecule has 6 nitrogen and oxygen atoms in total. The van der Waals surface area contributed by atoms with Crippen LogP contribution >= 0.6 is 0 Å². The van der Waals surface area contributed by atoms with Gasteiger partial charge >= 0.3 is 12.3 Å². The van der Waals surface area contributed by atoms with Crippen LogP contribution in [0.5, 0.6) is 0 Å². The number of rotatable bonds is 3. The highest BCUT2D eigenvalue weighted by Crippen LogP contribution is 2.24. The zero-order valence-electron chi connectivity index (χ0n) is 15.1. The molecule has 2 fully saturated rings. The van der Waals surface area contributed by atoms with Gasteiger partial charge in [0.05, 0.1) is 13.1 Å². The molecule has 26 heavy (non-hydrogen) atoms. The second-order valence-corrected chi connectivity index (χ2v) is 7.83. The zero-order valence-corrected chi connectivity index (χ0v) is 15.1. The van der Waals surface area contributed by atoms with Gasteiger partial charge in [0, 0.05) is 25.6 Å². The summed E-state index contributed by atoms with van der Waals surface area (Å²) < 4.78 is 56.3. The summed E-state index contributed by atoms with van der Waals surface area (Å²) in [6.45, 7) is 4.02. The van der Waals surface area contributed by atoms with E-state index in [4.69, 9.17) is 4.74 Å². The summed E-state index contributed by atoms with van der Waals surface area (Å²) in [7, 11) is 0. The van der Waals surface area contributed by atoms with Gasteiger partial charge in [-0.25, -0.2) is 9.18 Å². The van der Waals surface area contributed by atoms with Crippen LogP contribution in [0.4, 0.5) is 22.4 Å². The standard InChI is InChI=1S/C16H25F4N3O3/c1-15(2,3)26-14(25)23-7-10(17)6-12(23)13(24)21-11-4-5-22(8-11)9-16(18,19)20/h10-12H,4-9H2,1-3H3,(H,21,24)/t10-,11?,12+/m1/s1. The molecule has 2 amide bonds. The fraction of sp³-hybridized carbons (Fsp3) is 0.875. The van der Waals surface area contributed by atoms with Crippen LogP contribution in [0.25, 0.3) is 0 Å². The molecule has 3 atom stereocenters. The second kappa shape index (κ2) is 7.58. The molecule has 0 aromatic heterocycles. The van der Waals surface area contributed by atoms with Gasteiger partial charge in [-0.05, 0) is 27.2 Å². The lowest BCUT2D eigenvalue weighted by molar-refractivity contribution is -0.143. The summed E-state index contributed by atoms with van der Waals surface area (Å²) >= 11 is 0. The predicted octanol–water partition coefficient (Wildman–Crippen LogP) is 2.09. The van der Waals surface area contributed by atoms with Gasteiger partial charge in [0.1, 0.15) is 17.8 Å². The maximum atomic E-state index is 13.8. The smallest absolute Gasteiger partial charge is 0.411 e. The number of likely N-dealkylation sites (tertiary alicyclic amines) is 2. The van der Waals surface area contributed by atoms with Crippen molar-refractivity contribution in [2.24, 2.45) is 0 Å². The molecule has 0 aromatic rings. The molecule has 10 heteroatoms. The van der Waals surface area contributed by atoms with E-state index in [1.165, 1.54) is 4.90 Å². The summed E-state index contributed by atoms with van der Waals surface area (Å²) in [5.74, 6) is -0.560. The van der Waals surface area contributed by atoms with Crippen molar-refractivity contribution in [2.45, 2.75) is 63.6 Å². The maximum absolute atomic E-state index is 13.8. The van der Waals surface area contributed by atoms with Crippen molar-refractivity contribution in [3.05, 3.63) is 0 Å². The van der Waals surface area contributed by atoms with Crippen molar-refractivity contribution in [2.75, 3.05) is 26.2 Å². The molecule has 2 saturated heterocycles. The monoisotopic (exact) mass is 383 g/mol. The average Bonchev–Trinajstić information content (AvgIpc) is 3.01. The summed E-state index contributed by atoms with van der Waals surface area (Å²) in [4.78, 5) is 26.9. The van der Waals surface area contributed by atoms with Crippen LogP contribution in [0.2, 0.25) is 0 Å². The van der Waals surface area contributed by atoms with Gasteiger partial charge < -0.3 is 10.1 Å². The highest BCUT2D eigenvalue weighted by Gasteiger charge is 2.43. The van der Waals surface area contributed by atoms with Crippen LogP contribution in [-0.4, -0.2) is 78.0 Å². The molecule has 2 aliphatic heterocycles. The number of hydrogen-bond donors (Lipinski definition) is 1.